The maximum Gasteiger partial charge on any atom is 0.472 e. The Labute approximate surface area is 524 Å². The van der Waals surface area contributed by atoms with E-state index in [-0.39, 0.29) is 25.7 Å². The van der Waals surface area contributed by atoms with E-state index in [1.54, 1.807) is 0 Å². The first-order valence-corrected chi connectivity index (χ1v) is 38.0. The van der Waals surface area contributed by atoms with Crippen molar-refractivity contribution >= 4 is 39.5 Å². The molecule has 0 aliphatic rings. The highest BCUT2D eigenvalue weighted by atomic mass is 31.2. The Morgan fingerprint density at radius 1 is 0.337 bits per heavy atom. The van der Waals surface area contributed by atoms with Crippen LogP contribution < -0.4 is 0 Å². The lowest BCUT2D eigenvalue weighted by Crippen LogP contribution is -2.30. The van der Waals surface area contributed by atoms with Crippen molar-refractivity contribution < 1.29 is 80.2 Å². The Morgan fingerprint density at radius 2 is 0.593 bits per heavy atom. The lowest BCUT2D eigenvalue weighted by Gasteiger charge is -2.21. The van der Waals surface area contributed by atoms with E-state index in [2.05, 4.69) is 41.5 Å². The highest BCUT2D eigenvalue weighted by Gasteiger charge is 2.30. The summed E-state index contributed by atoms with van der Waals surface area (Å²) in [5.74, 6) is -0.524. The van der Waals surface area contributed by atoms with Gasteiger partial charge in [-0.3, -0.25) is 37.3 Å². The fourth-order valence-corrected chi connectivity index (χ4v) is 11.6. The number of hydrogen-bond acceptors (Lipinski definition) is 15. The average molecular weight is 1270 g/mol. The van der Waals surface area contributed by atoms with E-state index < -0.39 is 97.5 Å². The molecule has 0 aromatic carbocycles. The second-order valence-electron chi connectivity index (χ2n) is 24.9. The number of rotatable bonds is 66. The minimum atomic E-state index is -4.95. The van der Waals surface area contributed by atoms with Crippen molar-refractivity contribution in [1.29, 1.82) is 0 Å². The van der Waals surface area contributed by atoms with E-state index in [1.165, 1.54) is 141 Å². The fourth-order valence-electron chi connectivity index (χ4n) is 10.0. The topological polar surface area (TPSA) is 237 Å². The molecule has 0 radical (unpaired) electrons. The van der Waals surface area contributed by atoms with Crippen LogP contribution in [0.5, 0.6) is 0 Å². The monoisotopic (exact) mass is 1270 g/mol. The van der Waals surface area contributed by atoms with Gasteiger partial charge in [-0.1, -0.05) is 286 Å². The molecule has 6 atom stereocenters. The highest BCUT2D eigenvalue weighted by molar-refractivity contribution is 7.47. The summed E-state index contributed by atoms with van der Waals surface area (Å²) in [6.07, 6.45) is 43.5. The zero-order valence-electron chi connectivity index (χ0n) is 55.6. The van der Waals surface area contributed by atoms with Crippen LogP contribution in [0.3, 0.4) is 0 Å². The van der Waals surface area contributed by atoms with Crippen LogP contribution in [0.1, 0.15) is 337 Å². The molecule has 0 aliphatic carbocycles. The molecule has 0 aliphatic heterocycles. The Morgan fingerprint density at radius 3 is 0.884 bits per heavy atom. The molecule has 0 aromatic rings. The molecule has 0 fully saturated rings. The zero-order valence-corrected chi connectivity index (χ0v) is 57.4. The Bertz CT molecular complexity index is 1690. The third kappa shape index (κ3) is 59.7. The van der Waals surface area contributed by atoms with Gasteiger partial charge in [-0.05, 0) is 37.5 Å². The first-order valence-electron chi connectivity index (χ1n) is 35.0. The molecular formula is C67H130O17P2. The molecule has 0 heterocycles. The Hall–Kier alpha value is -1.94. The number of phosphoric acid groups is 2. The lowest BCUT2D eigenvalue weighted by atomic mass is 9.99. The van der Waals surface area contributed by atoms with Crippen LogP contribution in [0.15, 0.2) is 0 Å². The van der Waals surface area contributed by atoms with Crippen LogP contribution in [-0.4, -0.2) is 96.7 Å². The Kier molecular flexibility index (Phi) is 58.0. The largest absolute Gasteiger partial charge is 0.472 e. The summed E-state index contributed by atoms with van der Waals surface area (Å²) in [5.41, 5.74) is 0. The number of ether oxygens (including phenoxy) is 4. The summed E-state index contributed by atoms with van der Waals surface area (Å²) >= 11 is 0. The molecule has 0 rings (SSSR count). The molecule has 19 heteroatoms. The molecule has 0 saturated heterocycles. The summed E-state index contributed by atoms with van der Waals surface area (Å²) in [5, 5.41) is 10.5. The average Bonchev–Trinajstić information content (AvgIpc) is 3.50. The predicted molar refractivity (Wildman–Crippen MR) is 345 cm³/mol. The maximum absolute atomic E-state index is 13.0. The highest BCUT2D eigenvalue weighted by Crippen LogP contribution is 2.45. The van der Waals surface area contributed by atoms with Crippen molar-refractivity contribution in [1.82, 2.24) is 0 Å². The molecule has 3 N–H and O–H groups in total. The molecule has 86 heavy (non-hydrogen) atoms. The third-order valence-corrected chi connectivity index (χ3v) is 17.7. The molecule has 0 saturated carbocycles. The van der Waals surface area contributed by atoms with Crippen LogP contribution in [0, 0.1) is 11.8 Å². The van der Waals surface area contributed by atoms with Gasteiger partial charge in [0.1, 0.15) is 19.3 Å². The summed E-state index contributed by atoms with van der Waals surface area (Å²) in [7, 11) is -9.88. The van der Waals surface area contributed by atoms with Crippen molar-refractivity contribution in [2.75, 3.05) is 39.6 Å². The standard InChI is InChI=1S/C67H130O17P2/c1-7-10-12-14-15-32-39-45-51-66(71)83-62(55-77-64(69)49-43-35-13-11-8-2)57-81-85(73,74)79-53-61(68)54-80-86(75,76)82-58-63(56-78-65(70)50-44-38-33-28-25-24-27-31-37-42-48-60(6)9-3)84-67(72)52-46-40-34-29-23-21-19-17-16-18-20-22-26-30-36-41-47-59(4)5/h59-63,68H,7-58H2,1-6H3,(H,73,74)(H,75,76)/t60?,61-,62+,63+/m0/s1. The number of hydrogen-bond donors (Lipinski definition) is 3. The van der Waals surface area contributed by atoms with Crippen LogP contribution >= 0.6 is 15.6 Å². The minimum Gasteiger partial charge on any atom is -0.462 e. The SMILES string of the molecule is CCCCCCCCCCC(=O)O[C@H](COC(=O)CCCCCCC)COP(=O)(O)OC[C@H](O)COP(=O)(O)OC[C@@H](COC(=O)CCCCCCCCCCCCC(C)CC)OC(=O)CCCCCCCCCCCCCCCCCCC(C)C. The first kappa shape index (κ1) is 84.1. The van der Waals surface area contributed by atoms with E-state index >= 15 is 0 Å². The molecular weight excluding hydrogens is 1140 g/mol. The first-order chi connectivity index (χ1) is 41.4. The van der Waals surface area contributed by atoms with Crippen LogP contribution in [0.4, 0.5) is 0 Å². The number of carbonyl (C=O) groups excluding carboxylic acids is 4. The van der Waals surface area contributed by atoms with Gasteiger partial charge >= 0.3 is 39.5 Å². The van der Waals surface area contributed by atoms with Gasteiger partial charge in [0.25, 0.3) is 0 Å². The number of aliphatic hydroxyl groups excluding tert-OH is 1. The molecule has 17 nitrogen and oxygen atoms in total. The maximum atomic E-state index is 13.0. The number of esters is 4. The van der Waals surface area contributed by atoms with E-state index in [0.29, 0.717) is 25.7 Å². The van der Waals surface area contributed by atoms with Crippen LogP contribution in [-0.2, 0) is 65.4 Å². The molecule has 0 aromatic heterocycles. The van der Waals surface area contributed by atoms with E-state index in [1.807, 2.05) is 0 Å². The summed E-state index contributed by atoms with van der Waals surface area (Å²) in [6, 6.07) is 0. The molecule has 3 unspecified atom stereocenters. The fraction of sp³-hybridized carbons (Fsp3) is 0.940. The molecule has 0 spiro atoms. The Balaban J connectivity index is 5.13. The predicted octanol–water partition coefficient (Wildman–Crippen LogP) is 18.8. The van der Waals surface area contributed by atoms with Gasteiger partial charge in [0.05, 0.1) is 26.4 Å². The molecule has 510 valence electrons. The smallest absolute Gasteiger partial charge is 0.462 e. The van der Waals surface area contributed by atoms with Crippen molar-refractivity contribution in [3.63, 3.8) is 0 Å². The summed E-state index contributed by atoms with van der Waals surface area (Å²) in [6.45, 7) is 9.46. The van der Waals surface area contributed by atoms with Crippen molar-refractivity contribution in [3.8, 4) is 0 Å². The van der Waals surface area contributed by atoms with Crippen molar-refractivity contribution in [2.45, 2.75) is 355 Å². The normalized spacial score (nSPS) is 14.5. The molecule has 0 amide bonds. The van der Waals surface area contributed by atoms with Crippen LogP contribution in [0.2, 0.25) is 0 Å². The van der Waals surface area contributed by atoms with Crippen molar-refractivity contribution in [3.05, 3.63) is 0 Å². The van der Waals surface area contributed by atoms with Gasteiger partial charge in [-0.2, -0.15) is 0 Å². The third-order valence-electron chi connectivity index (χ3n) is 15.8. The van der Waals surface area contributed by atoms with Gasteiger partial charge in [-0.25, -0.2) is 9.13 Å². The number of carbonyl (C=O) groups is 4. The van der Waals surface area contributed by atoms with Gasteiger partial charge in [0, 0.05) is 25.7 Å². The van der Waals surface area contributed by atoms with Crippen LogP contribution in [0.25, 0.3) is 0 Å². The zero-order chi connectivity index (χ0) is 63.6. The van der Waals surface area contributed by atoms with Gasteiger partial charge in [0.15, 0.2) is 12.2 Å². The second kappa shape index (κ2) is 59.4. The van der Waals surface area contributed by atoms with E-state index in [4.69, 9.17) is 37.0 Å². The van der Waals surface area contributed by atoms with Crippen molar-refractivity contribution in [2.24, 2.45) is 11.8 Å². The van der Waals surface area contributed by atoms with Gasteiger partial charge in [-0.15, -0.1) is 0 Å². The summed E-state index contributed by atoms with van der Waals surface area (Å²) < 4.78 is 67.9. The lowest BCUT2D eigenvalue weighted by molar-refractivity contribution is -0.161. The number of unbranched alkanes of at least 4 members (excludes halogenated alkanes) is 35. The van der Waals surface area contributed by atoms with E-state index in [9.17, 15) is 43.2 Å². The quantitative estimate of drug-likeness (QED) is 0.0222. The number of aliphatic hydroxyl groups is 1. The second-order valence-corrected chi connectivity index (χ2v) is 27.8. The van der Waals surface area contributed by atoms with E-state index in [0.717, 1.165) is 115 Å². The molecule has 0 bridgehead atoms. The number of phosphoric ester groups is 2. The van der Waals surface area contributed by atoms with Gasteiger partial charge in [0.2, 0.25) is 0 Å². The minimum absolute atomic E-state index is 0.104. The summed E-state index contributed by atoms with van der Waals surface area (Å²) in [4.78, 5) is 72.0. The van der Waals surface area contributed by atoms with Gasteiger partial charge < -0.3 is 33.8 Å².